The van der Waals surface area contributed by atoms with Gasteiger partial charge in [-0.05, 0) is 58.5 Å². The normalized spacial score (nSPS) is 17.6. The number of nitrogens with zero attached hydrogens (tertiary/aromatic N) is 1. The molecule has 1 aliphatic heterocycles. The third-order valence-corrected chi connectivity index (χ3v) is 3.83. The summed E-state index contributed by atoms with van der Waals surface area (Å²) < 4.78 is 4.43. The van der Waals surface area contributed by atoms with Crippen molar-refractivity contribution >= 4 is 17.8 Å². The van der Waals surface area contributed by atoms with Crippen LogP contribution in [0.5, 0.6) is 0 Å². The van der Waals surface area contributed by atoms with E-state index >= 15 is 0 Å². The standard InChI is InChI=1S/C16H31N5O4/c1-25-16(24)12-20-14(22)11-19-15(23)13-21-9-3-7-17-5-2-6-18-8-4-10-21/h17-18H,2-13H2,1H3,(H,19,23)(H,20,22). The zero-order valence-electron chi connectivity index (χ0n) is 15.1. The largest absolute Gasteiger partial charge is 0.468 e. The van der Waals surface area contributed by atoms with Gasteiger partial charge in [0.15, 0.2) is 0 Å². The Bertz CT molecular complexity index is 407. The number of hydrogen-bond acceptors (Lipinski definition) is 7. The first-order valence-corrected chi connectivity index (χ1v) is 8.86. The molecule has 0 aromatic rings. The Morgan fingerprint density at radius 3 is 2.04 bits per heavy atom. The van der Waals surface area contributed by atoms with Crippen LogP contribution in [0.1, 0.15) is 19.3 Å². The maximum Gasteiger partial charge on any atom is 0.325 e. The number of amides is 2. The smallest absolute Gasteiger partial charge is 0.325 e. The Morgan fingerprint density at radius 1 is 0.880 bits per heavy atom. The Balaban J connectivity index is 2.26. The molecule has 9 nitrogen and oxygen atoms in total. The Hall–Kier alpha value is -1.71. The molecule has 0 saturated carbocycles. The maximum absolute atomic E-state index is 12.0. The van der Waals surface area contributed by atoms with Crippen LogP contribution < -0.4 is 21.3 Å². The van der Waals surface area contributed by atoms with Gasteiger partial charge < -0.3 is 26.0 Å². The third kappa shape index (κ3) is 11.5. The van der Waals surface area contributed by atoms with Gasteiger partial charge in [0, 0.05) is 0 Å². The molecule has 0 unspecified atom stereocenters. The molecule has 4 N–H and O–H groups in total. The highest BCUT2D eigenvalue weighted by atomic mass is 16.5. The average molecular weight is 357 g/mol. The molecule has 1 rings (SSSR count). The first-order valence-electron chi connectivity index (χ1n) is 8.86. The highest BCUT2D eigenvalue weighted by molar-refractivity contribution is 5.87. The van der Waals surface area contributed by atoms with Gasteiger partial charge >= 0.3 is 5.97 Å². The van der Waals surface area contributed by atoms with Crippen LogP contribution >= 0.6 is 0 Å². The molecule has 1 saturated heterocycles. The van der Waals surface area contributed by atoms with Crippen LogP contribution in [0.25, 0.3) is 0 Å². The van der Waals surface area contributed by atoms with Crippen LogP contribution in [0.3, 0.4) is 0 Å². The first-order chi connectivity index (χ1) is 12.1. The minimum Gasteiger partial charge on any atom is -0.468 e. The van der Waals surface area contributed by atoms with Gasteiger partial charge in [-0.25, -0.2) is 0 Å². The van der Waals surface area contributed by atoms with Crippen LogP contribution in [-0.4, -0.2) is 88.7 Å². The van der Waals surface area contributed by atoms with Crippen molar-refractivity contribution < 1.29 is 19.1 Å². The number of rotatable bonds is 6. The molecule has 0 spiro atoms. The summed E-state index contributed by atoms with van der Waals surface area (Å²) in [5, 5.41) is 11.7. The Morgan fingerprint density at radius 2 is 1.44 bits per heavy atom. The molecule has 0 aromatic heterocycles. The van der Waals surface area contributed by atoms with E-state index in [4.69, 9.17) is 0 Å². The van der Waals surface area contributed by atoms with E-state index in [0.717, 1.165) is 58.5 Å². The molecule has 0 aliphatic carbocycles. The number of esters is 1. The maximum atomic E-state index is 12.0. The van der Waals surface area contributed by atoms with E-state index in [9.17, 15) is 14.4 Å². The Labute approximate surface area is 149 Å². The lowest BCUT2D eigenvalue weighted by atomic mass is 10.3. The Kier molecular flexibility index (Phi) is 11.6. The van der Waals surface area contributed by atoms with Crippen LogP contribution in [0.2, 0.25) is 0 Å². The van der Waals surface area contributed by atoms with Crippen LogP contribution in [-0.2, 0) is 19.1 Å². The summed E-state index contributed by atoms with van der Waals surface area (Å²) in [6.07, 6.45) is 3.10. The second-order valence-corrected chi connectivity index (χ2v) is 5.97. The van der Waals surface area contributed by atoms with E-state index in [1.54, 1.807) is 0 Å². The van der Waals surface area contributed by atoms with E-state index < -0.39 is 11.9 Å². The number of hydrogen-bond donors (Lipinski definition) is 4. The molecule has 9 heteroatoms. The monoisotopic (exact) mass is 357 g/mol. The fourth-order valence-electron chi connectivity index (χ4n) is 2.46. The summed E-state index contributed by atoms with van der Waals surface area (Å²) in [7, 11) is 1.25. The summed E-state index contributed by atoms with van der Waals surface area (Å²) in [6, 6.07) is 0. The SMILES string of the molecule is COC(=O)CNC(=O)CNC(=O)CN1CCCNCCCNCCC1. The lowest BCUT2D eigenvalue weighted by Crippen LogP contribution is -2.44. The molecule has 1 aliphatic rings. The van der Waals surface area contributed by atoms with Crippen molar-refractivity contribution in [2.75, 3.05) is 66.0 Å². The summed E-state index contributed by atoms with van der Waals surface area (Å²) in [4.78, 5) is 36.6. The molecular formula is C16H31N5O4. The lowest BCUT2D eigenvalue weighted by molar-refractivity contribution is -0.141. The number of carbonyl (C=O) groups is 3. The molecule has 0 bridgehead atoms. The lowest BCUT2D eigenvalue weighted by Gasteiger charge is -2.22. The second-order valence-electron chi connectivity index (χ2n) is 5.97. The number of carbonyl (C=O) groups excluding carboxylic acids is 3. The fourth-order valence-corrected chi connectivity index (χ4v) is 2.46. The van der Waals surface area contributed by atoms with Crippen molar-refractivity contribution in [2.45, 2.75) is 19.3 Å². The van der Waals surface area contributed by atoms with E-state index in [1.807, 2.05) is 0 Å². The topological polar surface area (TPSA) is 112 Å². The van der Waals surface area contributed by atoms with Gasteiger partial charge in [-0.15, -0.1) is 0 Å². The molecule has 0 atom stereocenters. The summed E-state index contributed by atoms with van der Waals surface area (Å²) in [5.74, 6) is -1.14. The average Bonchev–Trinajstić information content (AvgIpc) is 2.60. The zero-order valence-corrected chi connectivity index (χ0v) is 15.1. The highest BCUT2D eigenvalue weighted by Gasteiger charge is 2.12. The van der Waals surface area contributed by atoms with E-state index in [2.05, 4.69) is 30.9 Å². The molecule has 1 heterocycles. The third-order valence-electron chi connectivity index (χ3n) is 3.83. The van der Waals surface area contributed by atoms with Gasteiger partial charge in [0.25, 0.3) is 0 Å². The minimum atomic E-state index is -0.527. The second kappa shape index (κ2) is 13.6. The van der Waals surface area contributed by atoms with Crippen LogP contribution in [0, 0.1) is 0 Å². The molecule has 25 heavy (non-hydrogen) atoms. The number of nitrogens with one attached hydrogen (secondary N) is 4. The van der Waals surface area contributed by atoms with Crippen molar-refractivity contribution in [2.24, 2.45) is 0 Å². The number of methoxy groups -OCH3 is 1. The van der Waals surface area contributed by atoms with Gasteiger partial charge in [0.05, 0.1) is 20.2 Å². The number of ether oxygens (including phenoxy) is 1. The molecule has 1 fully saturated rings. The molecular weight excluding hydrogens is 326 g/mol. The summed E-state index contributed by atoms with van der Waals surface area (Å²) in [6.45, 7) is 5.50. The summed E-state index contributed by atoms with van der Waals surface area (Å²) >= 11 is 0. The van der Waals surface area contributed by atoms with Gasteiger partial charge in [0.2, 0.25) is 11.8 Å². The van der Waals surface area contributed by atoms with Gasteiger partial charge in [-0.3, -0.25) is 19.3 Å². The predicted molar refractivity (Wildman–Crippen MR) is 94.1 cm³/mol. The fraction of sp³-hybridized carbons (Fsp3) is 0.812. The van der Waals surface area contributed by atoms with Crippen molar-refractivity contribution in [1.29, 1.82) is 0 Å². The van der Waals surface area contributed by atoms with E-state index in [0.29, 0.717) is 0 Å². The van der Waals surface area contributed by atoms with Crippen LogP contribution in [0.15, 0.2) is 0 Å². The van der Waals surface area contributed by atoms with E-state index in [1.165, 1.54) is 7.11 Å². The predicted octanol–water partition coefficient (Wildman–Crippen LogP) is -1.94. The van der Waals surface area contributed by atoms with Crippen molar-refractivity contribution in [3.8, 4) is 0 Å². The molecule has 2 amide bonds. The minimum absolute atomic E-state index is 0.146. The van der Waals surface area contributed by atoms with Crippen molar-refractivity contribution in [1.82, 2.24) is 26.2 Å². The van der Waals surface area contributed by atoms with Gasteiger partial charge in [0.1, 0.15) is 6.54 Å². The zero-order chi connectivity index (χ0) is 18.3. The highest BCUT2D eigenvalue weighted by Crippen LogP contribution is 1.95. The van der Waals surface area contributed by atoms with E-state index in [-0.39, 0.29) is 25.5 Å². The van der Waals surface area contributed by atoms with Crippen molar-refractivity contribution in [3.63, 3.8) is 0 Å². The molecule has 0 radical (unpaired) electrons. The van der Waals surface area contributed by atoms with Crippen molar-refractivity contribution in [3.05, 3.63) is 0 Å². The first kappa shape index (κ1) is 21.3. The summed E-state index contributed by atoms with van der Waals surface area (Å²) in [5.41, 5.74) is 0. The van der Waals surface area contributed by atoms with Gasteiger partial charge in [-0.1, -0.05) is 0 Å². The van der Waals surface area contributed by atoms with Gasteiger partial charge in [-0.2, -0.15) is 0 Å². The molecule has 0 aromatic carbocycles. The van der Waals surface area contributed by atoms with Crippen LogP contribution in [0.4, 0.5) is 0 Å². The molecule has 144 valence electrons. The quantitative estimate of drug-likeness (QED) is 0.409.